The van der Waals surface area contributed by atoms with E-state index in [0.717, 1.165) is 29.3 Å². The van der Waals surface area contributed by atoms with Crippen LogP contribution in [0.1, 0.15) is 16.7 Å². The maximum atomic E-state index is 6.76. The van der Waals surface area contributed by atoms with Gasteiger partial charge in [-0.25, -0.2) is 0 Å². The Morgan fingerprint density at radius 2 is 1.55 bits per heavy atom. The van der Waals surface area contributed by atoms with Crippen molar-refractivity contribution in [2.75, 3.05) is 0 Å². The van der Waals surface area contributed by atoms with Crippen LogP contribution in [0.2, 0.25) is 0 Å². The standard InChI is InChI=1S/C18H16N2/c19-18(11-14-5-1-2-6-15(14)12-18)16-9-3-7-13-8-4-10-20-17(13)16/h1-10H,11-12,19H2. The molecule has 0 amide bonds. The Morgan fingerprint density at radius 3 is 2.30 bits per heavy atom. The van der Waals surface area contributed by atoms with Gasteiger partial charge in [0, 0.05) is 11.6 Å². The number of benzene rings is 2. The number of hydrogen-bond donors (Lipinski definition) is 1. The molecule has 0 aliphatic heterocycles. The summed E-state index contributed by atoms with van der Waals surface area (Å²) in [4.78, 5) is 4.55. The highest BCUT2D eigenvalue weighted by atomic mass is 14.8. The Balaban J connectivity index is 1.89. The molecule has 2 N–H and O–H groups in total. The van der Waals surface area contributed by atoms with Crippen LogP contribution in [0, 0.1) is 0 Å². The van der Waals surface area contributed by atoms with Crippen molar-refractivity contribution < 1.29 is 0 Å². The molecule has 0 spiro atoms. The molecule has 1 aromatic heterocycles. The second-order valence-electron chi connectivity index (χ2n) is 5.66. The SMILES string of the molecule is NC1(c2cccc3cccnc23)Cc2ccccc2C1. The lowest BCUT2D eigenvalue weighted by Crippen LogP contribution is -2.37. The Hall–Kier alpha value is -2.19. The maximum absolute atomic E-state index is 6.76. The van der Waals surface area contributed by atoms with Gasteiger partial charge in [0.25, 0.3) is 0 Å². The number of para-hydroxylation sites is 1. The zero-order valence-corrected chi connectivity index (χ0v) is 11.2. The molecular formula is C18H16N2. The average Bonchev–Trinajstić information content (AvgIpc) is 2.84. The van der Waals surface area contributed by atoms with Crippen LogP contribution < -0.4 is 5.73 Å². The molecule has 4 rings (SSSR count). The number of fused-ring (bicyclic) bond motifs is 2. The monoisotopic (exact) mass is 260 g/mol. The first-order valence-corrected chi connectivity index (χ1v) is 6.96. The lowest BCUT2D eigenvalue weighted by molar-refractivity contribution is 0.476. The van der Waals surface area contributed by atoms with E-state index in [1.165, 1.54) is 11.1 Å². The third-order valence-corrected chi connectivity index (χ3v) is 4.30. The van der Waals surface area contributed by atoms with E-state index in [4.69, 9.17) is 5.73 Å². The molecule has 2 heteroatoms. The van der Waals surface area contributed by atoms with Crippen molar-refractivity contribution in [2.45, 2.75) is 18.4 Å². The molecule has 0 fully saturated rings. The van der Waals surface area contributed by atoms with E-state index in [1.807, 2.05) is 12.3 Å². The van der Waals surface area contributed by atoms with Gasteiger partial charge in [0.15, 0.2) is 0 Å². The van der Waals surface area contributed by atoms with E-state index in [1.54, 1.807) is 0 Å². The third-order valence-electron chi connectivity index (χ3n) is 4.30. The first-order valence-electron chi connectivity index (χ1n) is 6.96. The summed E-state index contributed by atoms with van der Waals surface area (Å²) < 4.78 is 0. The van der Waals surface area contributed by atoms with Crippen molar-refractivity contribution in [1.29, 1.82) is 0 Å². The minimum absolute atomic E-state index is 0.336. The third kappa shape index (κ3) is 1.65. The van der Waals surface area contributed by atoms with E-state index < -0.39 is 0 Å². The number of rotatable bonds is 1. The van der Waals surface area contributed by atoms with Crippen molar-refractivity contribution in [2.24, 2.45) is 5.73 Å². The van der Waals surface area contributed by atoms with Crippen LogP contribution in [0.5, 0.6) is 0 Å². The van der Waals surface area contributed by atoms with E-state index >= 15 is 0 Å². The summed E-state index contributed by atoms with van der Waals surface area (Å²) in [7, 11) is 0. The van der Waals surface area contributed by atoms with Gasteiger partial charge in [-0.3, -0.25) is 4.98 Å². The molecule has 0 saturated carbocycles. The summed E-state index contributed by atoms with van der Waals surface area (Å²) in [6.07, 6.45) is 3.62. The summed E-state index contributed by atoms with van der Waals surface area (Å²) >= 11 is 0. The fraction of sp³-hybridized carbons (Fsp3) is 0.167. The number of nitrogens with two attached hydrogens (primary N) is 1. The number of aromatic nitrogens is 1. The van der Waals surface area contributed by atoms with Crippen LogP contribution in [-0.4, -0.2) is 4.98 Å². The van der Waals surface area contributed by atoms with Gasteiger partial charge >= 0.3 is 0 Å². The quantitative estimate of drug-likeness (QED) is 0.730. The minimum Gasteiger partial charge on any atom is -0.321 e. The van der Waals surface area contributed by atoms with Gasteiger partial charge < -0.3 is 5.73 Å². The van der Waals surface area contributed by atoms with E-state index in [0.29, 0.717) is 0 Å². The topological polar surface area (TPSA) is 38.9 Å². The fourth-order valence-corrected chi connectivity index (χ4v) is 3.34. The lowest BCUT2D eigenvalue weighted by atomic mass is 9.86. The molecule has 1 aliphatic rings. The Labute approximate surface area is 118 Å². The van der Waals surface area contributed by atoms with Crippen LogP contribution >= 0.6 is 0 Å². The van der Waals surface area contributed by atoms with Crippen LogP contribution in [0.4, 0.5) is 0 Å². The second-order valence-corrected chi connectivity index (χ2v) is 5.66. The number of nitrogens with zero attached hydrogens (tertiary/aromatic N) is 1. The van der Waals surface area contributed by atoms with Gasteiger partial charge in [0.1, 0.15) is 0 Å². The van der Waals surface area contributed by atoms with Crippen molar-refractivity contribution in [1.82, 2.24) is 4.98 Å². The van der Waals surface area contributed by atoms with Gasteiger partial charge in [0.05, 0.1) is 11.1 Å². The fourth-order valence-electron chi connectivity index (χ4n) is 3.34. The van der Waals surface area contributed by atoms with E-state index in [9.17, 15) is 0 Å². The highest BCUT2D eigenvalue weighted by Gasteiger charge is 2.36. The zero-order chi connectivity index (χ0) is 13.6. The first-order chi connectivity index (χ1) is 9.76. The number of pyridine rings is 1. The predicted octanol–water partition coefficient (Wildman–Crippen LogP) is 3.19. The summed E-state index contributed by atoms with van der Waals surface area (Å²) in [6, 6.07) is 18.9. The highest BCUT2D eigenvalue weighted by Crippen LogP contribution is 2.37. The van der Waals surface area contributed by atoms with Gasteiger partial charge in [-0.2, -0.15) is 0 Å². The highest BCUT2D eigenvalue weighted by molar-refractivity contribution is 5.82. The van der Waals surface area contributed by atoms with Gasteiger partial charge in [-0.1, -0.05) is 48.5 Å². The summed E-state index contributed by atoms with van der Waals surface area (Å²) in [5.74, 6) is 0. The van der Waals surface area contributed by atoms with Crippen LogP contribution in [0.3, 0.4) is 0 Å². The van der Waals surface area contributed by atoms with E-state index in [2.05, 4.69) is 53.5 Å². The molecule has 1 heterocycles. The summed E-state index contributed by atoms with van der Waals surface area (Å²) in [5.41, 5.74) is 11.3. The molecule has 0 bridgehead atoms. The van der Waals surface area contributed by atoms with Gasteiger partial charge in [-0.05, 0) is 35.6 Å². The second kappa shape index (κ2) is 4.15. The van der Waals surface area contributed by atoms with E-state index in [-0.39, 0.29) is 5.54 Å². The van der Waals surface area contributed by atoms with Gasteiger partial charge in [0.2, 0.25) is 0 Å². The van der Waals surface area contributed by atoms with Crippen molar-refractivity contribution in [3.05, 3.63) is 77.5 Å². The molecule has 0 radical (unpaired) electrons. The molecule has 0 atom stereocenters. The Morgan fingerprint density at radius 1 is 0.850 bits per heavy atom. The predicted molar refractivity (Wildman–Crippen MR) is 81.5 cm³/mol. The number of hydrogen-bond acceptors (Lipinski definition) is 2. The molecule has 0 unspecified atom stereocenters. The molecule has 1 aliphatic carbocycles. The minimum atomic E-state index is -0.336. The maximum Gasteiger partial charge on any atom is 0.0752 e. The summed E-state index contributed by atoms with van der Waals surface area (Å²) in [5, 5.41) is 1.16. The normalized spacial score (nSPS) is 16.2. The molecule has 0 saturated heterocycles. The summed E-state index contributed by atoms with van der Waals surface area (Å²) in [6.45, 7) is 0. The first kappa shape index (κ1) is 11.6. The molecule has 98 valence electrons. The Bertz CT molecular complexity index is 762. The van der Waals surface area contributed by atoms with Crippen LogP contribution in [0.15, 0.2) is 60.8 Å². The lowest BCUT2D eigenvalue weighted by Gasteiger charge is -2.25. The largest absolute Gasteiger partial charge is 0.321 e. The zero-order valence-electron chi connectivity index (χ0n) is 11.2. The van der Waals surface area contributed by atoms with Gasteiger partial charge in [-0.15, -0.1) is 0 Å². The van der Waals surface area contributed by atoms with Crippen LogP contribution in [-0.2, 0) is 18.4 Å². The van der Waals surface area contributed by atoms with Crippen LogP contribution in [0.25, 0.3) is 10.9 Å². The van der Waals surface area contributed by atoms with Crippen molar-refractivity contribution in [3.8, 4) is 0 Å². The Kier molecular flexibility index (Phi) is 2.41. The molecule has 2 aromatic carbocycles. The molecular weight excluding hydrogens is 244 g/mol. The van der Waals surface area contributed by atoms with Crippen molar-refractivity contribution in [3.63, 3.8) is 0 Å². The molecule has 2 nitrogen and oxygen atoms in total. The van der Waals surface area contributed by atoms with Crippen molar-refractivity contribution >= 4 is 10.9 Å². The smallest absolute Gasteiger partial charge is 0.0752 e. The molecule has 20 heavy (non-hydrogen) atoms. The molecule has 3 aromatic rings. The average molecular weight is 260 g/mol.